The van der Waals surface area contributed by atoms with E-state index in [9.17, 15) is 9.59 Å². The predicted molar refractivity (Wildman–Crippen MR) is 69.5 cm³/mol. The molecule has 0 radical (unpaired) electrons. The van der Waals surface area contributed by atoms with Gasteiger partial charge in [0, 0.05) is 12.8 Å². The van der Waals surface area contributed by atoms with Gasteiger partial charge in [0.05, 0.1) is 5.01 Å². The SMILES string of the molecule is CC(=O)c1sc(C2CCCCCC2)nc1C(=O)O. The Morgan fingerprint density at radius 2 is 1.83 bits per heavy atom. The first-order chi connectivity index (χ1) is 8.59. The molecular weight excluding hydrogens is 250 g/mol. The summed E-state index contributed by atoms with van der Waals surface area (Å²) in [6.07, 6.45) is 6.94. The molecule has 0 spiro atoms. The maximum Gasteiger partial charge on any atom is 0.356 e. The van der Waals surface area contributed by atoms with Gasteiger partial charge in [0.25, 0.3) is 0 Å². The minimum atomic E-state index is -1.10. The maximum absolute atomic E-state index is 11.4. The van der Waals surface area contributed by atoms with Crippen LogP contribution in [0.15, 0.2) is 0 Å². The molecule has 0 unspecified atom stereocenters. The van der Waals surface area contributed by atoms with Crippen LogP contribution in [0.25, 0.3) is 0 Å². The first-order valence-corrected chi connectivity index (χ1v) is 7.16. The van der Waals surface area contributed by atoms with E-state index in [1.54, 1.807) is 0 Å². The highest BCUT2D eigenvalue weighted by Crippen LogP contribution is 2.35. The van der Waals surface area contributed by atoms with E-state index in [1.807, 2.05) is 0 Å². The van der Waals surface area contributed by atoms with Gasteiger partial charge in [-0.25, -0.2) is 9.78 Å². The normalized spacial score (nSPS) is 17.4. The second-order valence-electron chi connectivity index (χ2n) is 4.78. The number of Topliss-reactive ketones (excluding diaryl/α,β-unsaturated/α-hetero) is 1. The summed E-state index contributed by atoms with van der Waals surface area (Å²) in [7, 11) is 0. The number of rotatable bonds is 3. The van der Waals surface area contributed by atoms with Gasteiger partial charge >= 0.3 is 5.97 Å². The van der Waals surface area contributed by atoms with Crippen molar-refractivity contribution in [3.8, 4) is 0 Å². The number of ketones is 1. The highest BCUT2D eigenvalue weighted by Gasteiger charge is 2.25. The molecule has 2 rings (SSSR count). The average molecular weight is 267 g/mol. The summed E-state index contributed by atoms with van der Waals surface area (Å²) in [5.74, 6) is -0.968. The van der Waals surface area contributed by atoms with Crippen molar-refractivity contribution in [2.75, 3.05) is 0 Å². The van der Waals surface area contributed by atoms with Crippen molar-refractivity contribution in [1.29, 1.82) is 0 Å². The minimum Gasteiger partial charge on any atom is -0.476 e. The van der Waals surface area contributed by atoms with Crippen LogP contribution in [0, 0.1) is 0 Å². The van der Waals surface area contributed by atoms with Crippen molar-refractivity contribution in [1.82, 2.24) is 4.98 Å². The zero-order valence-electron chi connectivity index (χ0n) is 10.4. The number of aromatic carboxylic acids is 1. The summed E-state index contributed by atoms with van der Waals surface area (Å²) in [6.45, 7) is 1.40. The number of carbonyl (C=O) groups is 2. The van der Waals surface area contributed by atoms with E-state index in [1.165, 1.54) is 43.9 Å². The van der Waals surface area contributed by atoms with Gasteiger partial charge in [-0.05, 0) is 12.8 Å². The molecule has 5 heteroatoms. The third-order valence-corrected chi connectivity index (χ3v) is 4.69. The minimum absolute atomic E-state index is 0.0632. The number of carboxylic acids is 1. The van der Waals surface area contributed by atoms with Gasteiger partial charge in [-0.3, -0.25) is 4.79 Å². The molecule has 1 fully saturated rings. The van der Waals surface area contributed by atoms with Gasteiger partial charge in [0.1, 0.15) is 4.88 Å². The third kappa shape index (κ3) is 2.77. The zero-order valence-corrected chi connectivity index (χ0v) is 11.3. The van der Waals surface area contributed by atoms with E-state index >= 15 is 0 Å². The molecule has 1 heterocycles. The van der Waals surface area contributed by atoms with Gasteiger partial charge in [0.15, 0.2) is 11.5 Å². The molecule has 1 N–H and O–H groups in total. The Morgan fingerprint density at radius 3 is 2.28 bits per heavy atom. The molecule has 18 heavy (non-hydrogen) atoms. The van der Waals surface area contributed by atoms with Gasteiger partial charge in [-0.15, -0.1) is 11.3 Å². The average Bonchev–Trinajstić information content (AvgIpc) is 2.59. The molecule has 0 bridgehead atoms. The van der Waals surface area contributed by atoms with Crippen molar-refractivity contribution in [2.45, 2.75) is 51.4 Å². The molecule has 1 aliphatic carbocycles. The summed E-state index contributed by atoms with van der Waals surface area (Å²) < 4.78 is 0. The fraction of sp³-hybridized carbons (Fsp3) is 0.615. The number of carboxylic acid groups (broad SMARTS) is 1. The number of nitrogens with zero attached hydrogens (tertiary/aromatic N) is 1. The van der Waals surface area contributed by atoms with Gasteiger partial charge < -0.3 is 5.11 Å². The van der Waals surface area contributed by atoms with E-state index < -0.39 is 5.97 Å². The summed E-state index contributed by atoms with van der Waals surface area (Å²) in [6, 6.07) is 0. The van der Waals surface area contributed by atoms with Crippen LogP contribution in [-0.4, -0.2) is 21.8 Å². The van der Waals surface area contributed by atoms with Crippen molar-refractivity contribution < 1.29 is 14.7 Å². The monoisotopic (exact) mass is 267 g/mol. The van der Waals surface area contributed by atoms with Gasteiger partial charge in [0.2, 0.25) is 0 Å². The Morgan fingerprint density at radius 1 is 1.22 bits per heavy atom. The molecule has 4 nitrogen and oxygen atoms in total. The van der Waals surface area contributed by atoms with Crippen LogP contribution in [0.3, 0.4) is 0 Å². The lowest BCUT2D eigenvalue weighted by Crippen LogP contribution is -2.04. The molecule has 0 aliphatic heterocycles. The first kappa shape index (κ1) is 13.2. The van der Waals surface area contributed by atoms with Crippen molar-refractivity contribution in [2.24, 2.45) is 0 Å². The van der Waals surface area contributed by atoms with Crippen LogP contribution in [-0.2, 0) is 0 Å². The largest absolute Gasteiger partial charge is 0.476 e. The van der Waals surface area contributed by atoms with Crippen LogP contribution in [0.4, 0.5) is 0 Å². The second-order valence-corrected chi connectivity index (χ2v) is 5.81. The quantitative estimate of drug-likeness (QED) is 0.672. The molecule has 0 amide bonds. The Kier molecular flexibility index (Phi) is 4.11. The van der Waals surface area contributed by atoms with Gasteiger partial charge in [-0.1, -0.05) is 25.7 Å². The highest BCUT2D eigenvalue weighted by atomic mass is 32.1. The van der Waals surface area contributed by atoms with E-state index in [-0.39, 0.29) is 11.5 Å². The highest BCUT2D eigenvalue weighted by molar-refractivity contribution is 7.14. The number of hydrogen-bond donors (Lipinski definition) is 1. The Bertz CT molecular complexity index is 427. The lowest BCUT2D eigenvalue weighted by Gasteiger charge is -2.09. The molecule has 0 saturated heterocycles. The van der Waals surface area contributed by atoms with Crippen LogP contribution in [0.2, 0.25) is 0 Å². The fourth-order valence-corrected chi connectivity index (χ4v) is 3.54. The zero-order chi connectivity index (χ0) is 13.1. The van der Waals surface area contributed by atoms with E-state index in [0.29, 0.717) is 10.8 Å². The molecule has 1 aliphatic rings. The fourth-order valence-electron chi connectivity index (χ4n) is 2.42. The summed E-state index contributed by atoms with van der Waals surface area (Å²) in [5.41, 5.74) is -0.0632. The van der Waals surface area contributed by atoms with E-state index in [4.69, 9.17) is 5.11 Å². The standard InChI is InChI=1S/C13H17NO3S/c1-8(15)11-10(13(16)17)14-12(18-11)9-6-4-2-3-5-7-9/h9H,2-7H2,1H3,(H,16,17). The van der Waals surface area contributed by atoms with Crippen LogP contribution in [0.5, 0.6) is 0 Å². The van der Waals surface area contributed by atoms with Crippen LogP contribution in [0.1, 0.15) is 76.5 Å². The van der Waals surface area contributed by atoms with Crippen molar-refractivity contribution >= 4 is 23.1 Å². The predicted octanol–water partition coefficient (Wildman–Crippen LogP) is 3.48. The van der Waals surface area contributed by atoms with E-state index in [2.05, 4.69) is 4.98 Å². The molecule has 0 atom stereocenters. The summed E-state index contributed by atoms with van der Waals surface area (Å²) >= 11 is 1.27. The van der Waals surface area contributed by atoms with E-state index in [0.717, 1.165) is 17.8 Å². The second kappa shape index (κ2) is 5.61. The topological polar surface area (TPSA) is 67.3 Å². The number of thiazole rings is 1. The maximum atomic E-state index is 11.4. The van der Waals surface area contributed by atoms with Crippen molar-refractivity contribution in [3.05, 3.63) is 15.6 Å². The Hall–Kier alpha value is -1.23. The number of carbonyl (C=O) groups excluding carboxylic acids is 1. The molecular formula is C13H17NO3S. The lowest BCUT2D eigenvalue weighted by atomic mass is 10.0. The third-order valence-electron chi connectivity index (χ3n) is 3.37. The number of aromatic nitrogens is 1. The summed E-state index contributed by atoms with van der Waals surface area (Å²) in [5, 5.41) is 9.91. The first-order valence-electron chi connectivity index (χ1n) is 6.34. The Labute approximate surface area is 110 Å². The molecule has 0 aromatic carbocycles. The lowest BCUT2D eigenvalue weighted by molar-refractivity contribution is 0.0686. The molecule has 1 aromatic rings. The Balaban J connectivity index is 2.30. The van der Waals surface area contributed by atoms with Gasteiger partial charge in [-0.2, -0.15) is 0 Å². The molecule has 1 aromatic heterocycles. The summed E-state index contributed by atoms with van der Waals surface area (Å²) in [4.78, 5) is 27.0. The van der Waals surface area contributed by atoms with Crippen LogP contribution < -0.4 is 0 Å². The smallest absolute Gasteiger partial charge is 0.356 e. The van der Waals surface area contributed by atoms with Crippen LogP contribution >= 0.6 is 11.3 Å². The molecule has 98 valence electrons. The number of hydrogen-bond acceptors (Lipinski definition) is 4. The van der Waals surface area contributed by atoms with Crippen molar-refractivity contribution in [3.63, 3.8) is 0 Å². The molecule has 1 saturated carbocycles.